The van der Waals surface area contributed by atoms with Gasteiger partial charge in [-0.05, 0) is 75.4 Å². The van der Waals surface area contributed by atoms with Crippen LogP contribution in [0.15, 0.2) is 40.9 Å². The minimum Gasteiger partial charge on any atom is -0.361 e. The largest absolute Gasteiger partial charge is 0.361 e. The monoisotopic (exact) mass is 571 g/mol. The molecule has 6 rings (SSSR count). The van der Waals surface area contributed by atoms with Gasteiger partial charge in [-0.3, -0.25) is 0 Å². The Morgan fingerprint density at radius 2 is 1.82 bits per heavy atom. The molecule has 2 aromatic heterocycles. The Hall–Kier alpha value is -2.95. The Morgan fingerprint density at radius 3 is 2.49 bits per heavy atom. The van der Waals surface area contributed by atoms with Crippen LogP contribution >= 0.6 is 11.6 Å². The molecule has 0 radical (unpaired) electrons. The molecule has 0 saturated carbocycles. The van der Waals surface area contributed by atoms with E-state index in [0.717, 1.165) is 64.5 Å². The molecule has 2 aliphatic rings. The Morgan fingerprint density at radius 1 is 1.05 bits per heavy atom. The molecule has 0 spiro atoms. The van der Waals surface area contributed by atoms with Crippen molar-refractivity contribution in [3.05, 3.63) is 64.5 Å². The lowest BCUT2D eigenvalue weighted by atomic mass is 10.0. The molecule has 39 heavy (non-hydrogen) atoms. The minimum absolute atomic E-state index is 0.0191. The lowest BCUT2D eigenvalue weighted by Crippen LogP contribution is -2.39. The maximum atomic E-state index is 14.0. The SMILES string of the molecule is Cc1noc(C)c1-c1ccc2c(c1)nc([C@@H]1CCCN1c1ccc(F)c(Cl)c1)n2C1CCN(S(C)(=O)=O)CC1. The number of halogens is 2. The van der Waals surface area contributed by atoms with Gasteiger partial charge in [-0.2, -0.15) is 0 Å². The van der Waals surface area contributed by atoms with Crippen molar-refractivity contribution in [1.29, 1.82) is 0 Å². The quantitative estimate of drug-likeness (QED) is 0.290. The van der Waals surface area contributed by atoms with Crippen LogP contribution in [0.2, 0.25) is 5.02 Å². The fourth-order valence-electron chi connectivity index (χ4n) is 6.23. The molecule has 0 aliphatic carbocycles. The highest BCUT2D eigenvalue weighted by Gasteiger charge is 2.35. The zero-order chi connectivity index (χ0) is 27.5. The van der Waals surface area contributed by atoms with Crippen LogP contribution < -0.4 is 4.90 Å². The van der Waals surface area contributed by atoms with Crippen LogP contribution in [0.1, 0.15) is 55.0 Å². The van der Waals surface area contributed by atoms with Gasteiger partial charge in [0.1, 0.15) is 17.4 Å². The number of rotatable bonds is 5. The normalized spacial score (nSPS) is 19.4. The molecule has 2 aliphatic heterocycles. The van der Waals surface area contributed by atoms with Gasteiger partial charge in [-0.25, -0.2) is 22.1 Å². The first kappa shape index (κ1) is 26.3. The smallest absolute Gasteiger partial charge is 0.211 e. The van der Waals surface area contributed by atoms with Crippen LogP contribution in [0.5, 0.6) is 0 Å². The maximum absolute atomic E-state index is 14.0. The highest BCUT2D eigenvalue weighted by molar-refractivity contribution is 7.88. The van der Waals surface area contributed by atoms with Crippen molar-refractivity contribution in [3.63, 3.8) is 0 Å². The number of piperidine rings is 1. The number of aromatic nitrogens is 3. The number of nitrogens with zero attached hydrogens (tertiary/aromatic N) is 5. The first-order chi connectivity index (χ1) is 18.6. The summed E-state index contributed by atoms with van der Waals surface area (Å²) in [4.78, 5) is 7.47. The van der Waals surface area contributed by atoms with Gasteiger partial charge in [0.2, 0.25) is 10.0 Å². The van der Waals surface area contributed by atoms with E-state index in [0.29, 0.717) is 25.9 Å². The average Bonchev–Trinajstić information content (AvgIpc) is 3.61. The molecule has 206 valence electrons. The van der Waals surface area contributed by atoms with Crippen molar-refractivity contribution >= 4 is 38.3 Å². The summed E-state index contributed by atoms with van der Waals surface area (Å²) >= 11 is 6.16. The molecule has 0 amide bonds. The maximum Gasteiger partial charge on any atom is 0.211 e. The van der Waals surface area contributed by atoms with Gasteiger partial charge < -0.3 is 14.0 Å². The van der Waals surface area contributed by atoms with Gasteiger partial charge in [-0.1, -0.05) is 22.8 Å². The molecule has 2 fully saturated rings. The van der Waals surface area contributed by atoms with Gasteiger partial charge in [0.25, 0.3) is 0 Å². The van der Waals surface area contributed by atoms with Crippen LogP contribution in [0, 0.1) is 19.7 Å². The molecule has 11 heteroatoms. The van der Waals surface area contributed by atoms with E-state index >= 15 is 0 Å². The Balaban J connectivity index is 1.46. The van der Waals surface area contributed by atoms with Crippen LogP contribution in [-0.2, 0) is 10.0 Å². The zero-order valence-corrected chi connectivity index (χ0v) is 23.8. The van der Waals surface area contributed by atoms with Gasteiger partial charge in [-0.15, -0.1) is 0 Å². The number of benzene rings is 2. The third-order valence-corrected chi connectivity index (χ3v) is 9.67. The molecular formula is C28H31ClFN5O3S. The van der Waals surface area contributed by atoms with Crippen molar-refractivity contribution in [1.82, 2.24) is 19.0 Å². The van der Waals surface area contributed by atoms with E-state index in [1.54, 1.807) is 16.4 Å². The van der Waals surface area contributed by atoms with Gasteiger partial charge in [0.15, 0.2) is 0 Å². The molecule has 0 unspecified atom stereocenters. The van der Waals surface area contributed by atoms with E-state index in [-0.39, 0.29) is 17.1 Å². The van der Waals surface area contributed by atoms with Crippen molar-refractivity contribution in [2.45, 2.75) is 51.6 Å². The number of anilines is 1. The van der Waals surface area contributed by atoms with Crippen molar-refractivity contribution < 1.29 is 17.3 Å². The number of hydrogen-bond acceptors (Lipinski definition) is 6. The summed E-state index contributed by atoms with van der Waals surface area (Å²) in [6, 6.07) is 11.2. The van der Waals surface area contributed by atoms with Crippen molar-refractivity contribution in [2.75, 3.05) is 30.8 Å². The summed E-state index contributed by atoms with van der Waals surface area (Å²) in [6.45, 7) is 5.60. The third-order valence-electron chi connectivity index (χ3n) is 8.08. The number of sulfonamides is 1. The highest BCUT2D eigenvalue weighted by atomic mass is 35.5. The minimum atomic E-state index is -3.24. The van der Waals surface area contributed by atoms with E-state index in [1.807, 2.05) is 13.8 Å². The first-order valence-electron chi connectivity index (χ1n) is 13.2. The fourth-order valence-corrected chi connectivity index (χ4v) is 7.28. The number of hydrogen-bond donors (Lipinski definition) is 0. The number of imidazole rings is 1. The predicted octanol–water partition coefficient (Wildman–Crippen LogP) is 6.04. The zero-order valence-electron chi connectivity index (χ0n) is 22.2. The van der Waals surface area contributed by atoms with Crippen LogP contribution in [0.25, 0.3) is 22.2 Å². The first-order valence-corrected chi connectivity index (χ1v) is 15.5. The molecule has 2 saturated heterocycles. The predicted molar refractivity (Wildman–Crippen MR) is 150 cm³/mol. The average molecular weight is 572 g/mol. The summed E-state index contributed by atoms with van der Waals surface area (Å²) in [5, 5.41) is 4.22. The van der Waals surface area contributed by atoms with Gasteiger partial charge in [0.05, 0.1) is 34.0 Å². The molecule has 2 aromatic carbocycles. The standard InChI is InChI=1S/C28H31ClFN5O3S/c1-17-27(18(2)38-32-17)19-6-9-25-24(15-19)31-28(35(25)20-10-13-33(14-11-20)39(3,36)37)26-5-4-12-34(26)21-7-8-23(30)22(29)16-21/h6-9,15-16,20,26H,4-5,10-14H2,1-3H3/t26-/m0/s1. The van der Waals surface area contributed by atoms with Crippen LogP contribution in [-0.4, -0.2) is 53.3 Å². The van der Waals surface area contributed by atoms with Crippen molar-refractivity contribution in [2.24, 2.45) is 0 Å². The third kappa shape index (κ3) is 4.72. The molecular weight excluding hydrogens is 541 g/mol. The molecule has 0 bridgehead atoms. The highest BCUT2D eigenvalue weighted by Crippen LogP contribution is 2.41. The summed E-state index contributed by atoms with van der Waals surface area (Å²) in [5.74, 6) is 1.26. The van der Waals surface area contributed by atoms with E-state index in [4.69, 9.17) is 21.1 Å². The number of aryl methyl sites for hydroxylation is 2. The van der Waals surface area contributed by atoms with E-state index in [1.165, 1.54) is 12.3 Å². The molecule has 4 aromatic rings. The van der Waals surface area contributed by atoms with E-state index < -0.39 is 15.8 Å². The molecule has 1 atom stereocenters. The summed E-state index contributed by atoms with van der Waals surface area (Å²) in [6.07, 6.45) is 4.54. The van der Waals surface area contributed by atoms with Crippen LogP contribution in [0.3, 0.4) is 0 Å². The second kappa shape index (κ2) is 9.91. The Bertz CT molecular complexity index is 1640. The Labute approximate surface area is 232 Å². The summed E-state index contributed by atoms with van der Waals surface area (Å²) < 4.78 is 47.6. The molecule has 4 heterocycles. The van der Waals surface area contributed by atoms with Crippen LogP contribution in [0.4, 0.5) is 10.1 Å². The van der Waals surface area contributed by atoms with Crippen molar-refractivity contribution in [3.8, 4) is 11.1 Å². The topological polar surface area (TPSA) is 84.5 Å². The van der Waals surface area contributed by atoms with Gasteiger partial charge >= 0.3 is 0 Å². The van der Waals surface area contributed by atoms with E-state index in [2.05, 4.69) is 32.8 Å². The van der Waals surface area contributed by atoms with E-state index in [9.17, 15) is 12.8 Å². The second-order valence-corrected chi connectivity index (χ2v) is 13.0. The number of fused-ring (bicyclic) bond motifs is 1. The fraction of sp³-hybridized carbons (Fsp3) is 0.429. The van der Waals surface area contributed by atoms with Gasteiger partial charge in [0, 0.05) is 36.9 Å². The molecule has 0 N–H and O–H groups in total. The lowest BCUT2D eigenvalue weighted by molar-refractivity contribution is 0.273. The molecule has 8 nitrogen and oxygen atoms in total. The summed E-state index contributed by atoms with van der Waals surface area (Å²) in [5.41, 5.74) is 5.55. The summed E-state index contributed by atoms with van der Waals surface area (Å²) in [7, 11) is -3.24. The second-order valence-electron chi connectivity index (χ2n) is 10.6. The Kier molecular flexibility index (Phi) is 6.68. The lowest BCUT2D eigenvalue weighted by Gasteiger charge is -2.34.